The number of hydrogen-bond donors (Lipinski definition) is 1. The van der Waals surface area contributed by atoms with Gasteiger partial charge in [0.2, 0.25) is 0 Å². The van der Waals surface area contributed by atoms with Gasteiger partial charge >= 0.3 is 0 Å². The molecule has 2 fully saturated rings. The summed E-state index contributed by atoms with van der Waals surface area (Å²) in [5.74, 6) is 1.63. The average Bonchev–Trinajstić information content (AvgIpc) is 3.29. The smallest absolute Gasteiger partial charge is 0.257 e. The second-order valence-electron chi connectivity index (χ2n) is 7.87. The van der Waals surface area contributed by atoms with Crippen LogP contribution in [0.2, 0.25) is 0 Å². The van der Waals surface area contributed by atoms with Gasteiger partial charge in [-0.2, -0.15) is 5.10 Å². The predicted octanol–water partition coefficient (Wildman–Crippen LogP) is 2.94. The Labute approximate surface area is 145 Å². The number of aromatic nitrogens is 2. The average molecular weight is 332 g/mol. The van der Waals surface area contributed by atoms with Crippen molar-refractivity contribution in [3.8, 4) is 0 Å². The van der Waals surface area contributed by atoms with Crippen LogP contribution < -0.4 is 0 Å². The number of aromatic amines is 1. The largest absolute Gasteiger partial charge is 0.337 e. The first-order valence-electron chi connectivity index (χ1n) is 9.65. The van der Waals surface area contributed by atoms with E-state index in [1.165, 1.54) is 19.4 Å². The van der Waals surface area contributed by atoms with Crippen molar-refractivity contribution in [2.45, 2.75) is 58.9 Å². The Bertz CT molecular complexity index is 549. The van der Waals surface area contributed by atoms with Crippen molar-refractivity contribution in [3.05, 3.63) is 17.5 Å². The summed E-state index contributed by atoms with van der Waals surface area (Å²) in [5.41, 5.74) is 1.76. The van der Waals surface area contributed by atoms with Crippen LogP contribution in [0.3, 0.4) is 0 Å². The monoisotopic (exact) mass is 332 g/mol. The lowest BCUT2D eigenvalue weighted by Crippen LogP contribution is -2.46. The first-order chi connectivity index (χ1) is 11.6. The molecule has 1 aromatic rings. The quantitative estimate of drug-likeness (QED) is 0.871. The molecule has 1 aliphatic heterocycles. The predicted molar refractivity (Wildman–Crippen MR) is 96.0 cm³/mol. The maximum absolute atomic E-state index is 13.1. The third-order valence-electron chi connectivity index (χ3n) is 5.44. The number of H-pyrrole nitrogens is 1. The molecule has 1 atom stereocenters. The first kappa shape index (κ1) is 17.5. The second kappa shape index (κ2) is 7.68. The summed E-state index contributed by atoms with van der Waals surface area (Å²) in [5, 5.41) is 7.13. The van der Waals surface area contributed by atoms with Crippen molar-refractivity contribution in [1.29, 1.82) is 0 Å². The molecular formula is C19H32N4O. The number of carbonyl (C=O) groups excluding carboxylic acids is 1. The van der Waals surface area contributed by atoms with E-state index >= 15 is 0 Å². The van der Waals surface area contributed by atoms with Gasteiger partial charge in [0, 0.05) is 37.9 Å². The van der Waals surface area contributed by atoms with Gasteiger partial charge in [0.1, 0.15) is 0 Å². The molecule has 1 saturated carbocycles. The molecule has 134 valence electrons. The van der Waals surface area contributed by atoms with Crippen LogP contribution in [-0.4, -0.2) is 58.1 Å². The van der Waals surface area contributed by atoms with Gasteiger partial charge in [-0.25, -0.2) is 0 Å². The van der Waals surface area contributed by atoms with E-state index in [1.807, 2.05) is 0 Å². The Morgan fingerprint density at radius 3 is 2.83 bits per heavy atom. The first-order valence-corrected chi connectivity index (χ1v) is 9.65. The normalized spacial score (nSPS) is 22.8. The maximum Gasteiger partial charge on any atom is 0.257 e. The molecule has 0 bridgehead atoms. The zero-order chi connectivity index (χ0) is 17.1. The van der Waals surface area contributed by atoms with Crippen molar-refractivity contribution < 1.29 is 4.79 Å². The Balaban J connectivity index is 1.72. The fraction of sp³-hybridized carbons (Fsp3) is 0.789. The third kappa shape index (κ3) is 4.00. The Hall–Kier alpha value is -1.36. The molecule has 2 heterocycles. The van der Waals surface area contributed by atoms with Crippen molar-refractivity contribution in [2.24, 2.45) is 11.8 Å². The van der Waals surface area contributed by atoms with Crippen molar-refractivity contribution in [1.82, 2.24) is 20.0 Å². The van der Waals surface area contributed by atoms with Crippen LogP contribution in [-0.2, 0) is 6.42 Å². The van der Waals surface area contributed by atoms with Crippen LogP contribution in [0.25, 0.3) is 0 Å². The summed E-state index contributed by atoms with van der Waals surface area (Å²) >= 11 is 0. The standard InChI is InChI=1S/C19H32N4O/c1-4-6-17-16(11-20-21-17)19(24)23-10-5-9-22(12-15-7-8-15)18(13-23)14(2)3/h11,14-15,18H,4-10,12-13H2,1-3H3,(H,20,21)/t18-/m0/s1. The van der Waals surface area contributed by atoms with E-state index in [0.717, 1.165) is 56.1 Å². The molecule has 1 aliphatic carbocycles. The Morgan fingerprint density at radius 1 is 1.38 bits per heavy atom. The second-order valence-corrected chi connectivity index (χ2v) is 7.87. The number of aryl methyl sites for hydroxylation is 1. The van der Waals surface area contributed by atoms with Crippen LogP contribution in [0, 0.1) is 11.8 Å². The molecule has 1 N–H and O–H groups in total. The number of amides is 1. The molecule has 1 saturated heterocycles. The summed E-state index contributed by atoms with van der Waals surface area (Å²) in [6.45, 7) is 10.8. The van der Waals surface area contributed by atoms with Gasteiger partial charge in [0.05, 0.1) is 11.8 Å². The van der Waals surface area contributed by atoms with E-state index in [0.29, 0.717) is 12.0 Å². The SMILES string of the molecule is CCCc1[nH]ncc1C(=O)N1CCCN(CC2CC2)[C@H](C(C)C)C1. The minimum atomic E-state index is 0.158. The molecule has 0 unspecified atom stereocenters. The van der Waals surface area contributed by atoms with Gasteiger partial charge in [-0.05, 0) is 37.5 Å². The summed E-state index contributed by atoms with van der Waals surface area (Å²) in [6.07, 6.45) is 7.47. The lowest BCUT2D eigenvalue weighted by molar-refractivity contribution is 0.0703. The Kier molecular flexibility index (Phi) is 5.59. The van der Waals surface area contributed by atoms with E-state index in [9.17, 15) is 4.79 Å². The van der Waals surface area contributed by atoms with E-state index in [2.05, 4.69) is 40.8 Å². The highest BCUT2D eigenvalue weighted by atomic mass is 16.2. The van der Waals surface area contributed by atoms with E-state index in [-0.39, 0.29) is 5.91 Å². The summed E-state index contributed by atoms with van der Waals surface area (Å²) in [6, 6.07) is 0.471. The van der Waals surface area contributed by atoms with Crippen molar-refractivity contribution in [3.63, 3.8) is 0 Å². The van der Waals surface area contributed by atoms with Gasteiger partial charge in [-0.1, -0.05) is 27.2 Å². The topological polar surface area (TPSA) is 52.2 Å². The minimum absolute atomic E-state index is 0.158. The molecule has 0 aromatic carbocycles. The number of carbonyl (C=O) groups is 1. The minimum Gasteiger partial charge on any atom is -0.337 e. The lowest BCUT2D eigenvalue weighted by atomic mass is 10.0. The van der Waals surface area contributed by atoms with Gasteiger partial charge in [0.25, 0.3) is 5.91 Å². The molecule has 0 radical (unpaired) electrons. The Morgan fingerprint density at radius 2 is 2.17 bits per heavy atom. The van der Waals surface area contributed by atoms with E-state index < -0.39 is 0 Å². The van der Waals surface area contributed by atoms with Crippen LogP contribution in [0.5, 0.6) is 0 Å². The van der Waals surface area contributed by atoms with Crippen molar-refractivity contribution in [2.75, 3.05) is 26.2 Å². The number of hydrogen-bond acceptors (Lipinski definition) is 3. The highest BCUT2D eigenvalue weighted by molar-refractivity contribution is 5.95. The van der Waals surface area contributed by atoms with Crippen LogP contribution in [0.15, 0.2) is 6.20 Å². The zero-order valence-electron chi connectivity index (χ0n) is 15.4. The third-order valence-corrected chi connectivity index (χ3v) is 5.44. The van der Waals surface area contributed by atoms with Gasteiger partial charge in [0.15, 0.2) is 0 Å². The maximum atomic E-state index is 13.1. The molecule has 5 heteroatoms. The van der Waals surface area contributed by atoms with Gasteiger partial charge in [-0.3, -0.25) is 14.8 Å². The zero-order valence-corrected chi connectivity index (χ0v) is 15.4. The molecule has 24 heavy (non-hydrogen) atoms. The highest BCUT2D eigenvalue weighted by Gasteiger charge is 2.34. The highest BCUT2D eigenvalue weighted by Crippen LogP contribution is 2.32. The molecule has 5 nitrogen and oxygen atoms in total. The summed E-state index contributed by atoms with van der Waals surface area (Å²) in [4.78, 5) is 17.8. The number of nitrogens with one attached hydrogen (secondary N) is 1. The molecule has 0 spiro atoms. The van der Waals surface area contributed by atoms with E-state index in [1.54, 1.807) is 6.20 Å². The molecule has 1 aromatic heterocycles. The van der Waals surface area contributed by atoms with Gasteiger partial charge < -0.3 is 4.90 Å². The van der Waals surface area contributed by atoms with Crippen molar-refractivity contribution >= 4 is 5.91 Å². The number of rotatable bonds is 6. The lowest BCUT2D eigenvalue weighted by Gasteiger charge is -2.34. The molecule has 1 amide bonds. The molecule has 2 aliphatic rings. The van der Waals surface area contributed by atoms with Gasteiger partial charge in [-0.15, -0.1) is 0 Å². The summed E-state index contributed by atoms with van der Waals surface area (Å²) < 4.78 is 0. The summed E-state index contributed by atoms with van der Waals surface area (Å²) in [7, 11) is 0. The van der Waals surface area contributed by atoms with Crippen LogP contribution in [0.4, 0.5) is 0 Å². The molecule has 3 rings (SSSR count). The van der Waals surface area contributed by atoms with Crippen LogP contribution in [0.1, 0.15) is 62.5 Å². The van der Waals surface area contributed by atoms with E-state index in [4.69, 9.17) is 0 Å². The van der Waals surface area contributed by atoms with Crippen LogP contribution >= 0.6 is 0 Å². The fourth-order valence-corrected chi connectivity index (χ4v) is 3.85. The fourth-order valence-electron chi connectivity index (χ4n) is 3.85. The molecular weight excluding hydrogens is 300 g/mol. The number of nitrogens with zero attached hydrogens (tertiary/aromatic N) is 3.